The lowest BCUT2D eigenvalue weighted by molar-refractivity contribution is -0.113. The summed E-state index contributed by atoms with van der Waals surface area (Å²) < 4.78 is 5.73. The van der Waals surface area contributed by atoms with Gasteiger partial charge in [0.1, 0.15) is 12.0 Å². The van der Waals surface area contributed by atoms with E-state index in [0.717, 1.165) is 76.4 Å². The van der Waals surface area contributed by atoms with E-state index in [4.69, 9.17) is 4.74 Å². The van der Waals surface area contributed by atoms with Crippen LogP contribution in [0.25, 0.3) is 0 Å². The maximum Gasteiger partial charge on any atom is 0.141 e. The van der Waals surface area contributed by atoms with Gasteiger partial charge >= 0.3 is 0 Å². The Labute approximate surface area is 204 Å². The smallest absolute Gasteiger partial charge is 0.141 e. The Morgan fingerprint density at radius 2 is 1.56 bits per heavy atom. The zero-order valence-electron chi connectivity index (χ0n) is 20.7. The van der Waals surface area contributed by atoms with Crippen molar-refractivity contribution in [2.24, 2.45) is 0 Å². The summed E-state index contributed by atoms with van der Waals surface area (Å²) in [5.41, 5.74) is 6.30. The van der Waals surface area contributed by atoms with E-state index >= 15 is 0 Å². The molecule has 0 aromatic heterocycles. The lowest BCUT2D eigenvalue weighted by atomic mass is 9.93. The van der Waals surface area contributed by atoms with Crippen LogP contribution in [0.2, 0.25) is 0 Å². The predicted octanol–water partition coefficient (Wildman–Crippen LogP) is 3.74. The Balaban J connectivity index is 1.38. The topological polar surface area (TPSA) is 39.3 Å². The van der Waals surface area contributed by atoms with Gasteiger partial charge in [-0.05, 0) is 68.1 Å². The normalized spacial score (nSPS) is 20.6. The number of likely N-dealkylation sites (N-methyl/N-ethyl adjacent to an activating group) is 1. The molecule has 34 heavy (non-hydrogen) atoms. The molecule has 0 radical (unpaired) electrons. The Bertz CT molecular complexity index is 979. The van der Waals surface area contributed by atoms with E-state index < -0.39 is 0 Å². The molecule has 5 rings (SSSR count). The van der Waals surface area contributed by atoms with Crippen LogP contribution in [0.15, 0.2) is 36.4 Å². The largest absolute Gasteiger partial charge is 0.496 e. The summed E-state index contributed by atoms with van der Waals surface area (Å²) in [6, 6.07) is 12.8. The highest BCUT2D eigenvalue weighted by Crippen LogP contribution is 2.38. The zero-order valence-corrected chi connectivity index (χ0v) is 20.7. The third-order valence-electron chi connectivity index (χ3n) is 7.92. The Morgan fingerprint density at radius 3 is 2.24 bits per heavy atom. The summed E-state index contributed by atoms with van der Waals surface area (Å²) in [5.74, 6) is 0.973. The second-order valence-electron chi connectivity index (χ2n) is 9.98. The van der Waals surface area contributed by atoms with Crippen LogP contribution in [0.5, 0.6) is 5.75 Å². The molecule has 182 valence electrons. The number of hydrogen-bond donors (Lipinski definition) is 0. The van der Waals surface area contributed by atoms with E-state index in [2.05, 4.69) is 63.0 Å². The highest BCUT2D eigenvalue weighted by molar-refractivity contribution is 5.65. The number of carbonyl (C=O) groups excluding carboxylic acids is 1. The molecule has 0 amide bonds. The van der Waals surface area contributed by atoms with E-state index in [1.807, 2.05) is 0 Å². The first-order valence-electron chi connectivity index (χ1n) is 12.8. The summed E-state index contributed by atoms with van der Waals surface area (Å²) >= 11 is 0. The van der Waals surface area contributed by atoms with Crippen molar-refractivity contribution in [1.29, 1.82) is 0 Å². The maximum atomic E-state index is 12.4. The van der Waals surface area contributed by atoms with Crippen molar-refractivity contribution < 1.29 is 9.53 Å². The van der Waals surface area contributed by atoms with Crippen LogP contribution in [-0.2, 0) is 17.8 Å². The molecule has 0 aliphatic carbocycles. The van der Waals surface area contributed by atoms with Gasteiger partial charge in [0.25, 0.3) is 0 Å². The number of ether oxygens (including phenoxy) is 1. The Morgan fingerprint density at radius 1 is 0.824 bits per heavy atom. The van der Waals surface area contributed by atoms with Crippen LogP contribution < -0.4 is 14.5 Å². The first kappa shape index (κ1) is 23.2. The molecular formula is C28H38N4O2. The summed E-state index contributed by atoms with van der Waals surface area (Å²) in [6.07, 6.45) is 5.89. The SMILES string of the molecule is COc1ccc(N2CCN(C)CC2)c2c1CCN([C@H](C=O)c1ccc(N3CCCCC3)cc1)C2. The zero-order chi connectivity index (χ0) is 23.5. The van der Waals surface area contributed by atoms with Crippen molar-refractivity contribution in [1.82, 2.24) is 9.80 Å². The minimum atomic E-state index is -0.227. The van der Waals surface area contributed by atoms with E-state index in [1.165, 1.54) is 41.8 Å². The van der Waals surface area contributed by atoms with Crippen LogP contribution in [-0.4, -0.2) is 76.1 Å². The summed E-state index contributed by atoms with van der Waals surface area (Å²) in [7, 11) is 3.95. The maximum absolute atomic E-state index is 12.4. The van der Waals surface area contributed by atoms with Gasteiger partial charge in [-0.3, -0.25) is 4.90 Å². The molecule has 0 N–H and O–H groups in total. The number of fused-ring (bicyclic) bond motifs is 1. The molecule has 2 fully saturated rings. The van der Waals surface area contributed by atoms with Gasteiger partial charge in [-0.25, -0.2) is 0 Å². The van der Waals surface area contributed by atoms with E-state index in [-0.39, 0.29) is 6.04 Å². The Kier molecular flexibility index (Phi) is 7.07. The Hall–Kier alpha value is -2.57. The van der Waals surface area contributed by atoms with Gasteiger partial charge in [-0.2, -0.15) is 0 Å². The third kappa shape index (κ3) is 4.66. The van der Waals surface area contributed by atoms with Gasteiger partial charge in [-0.1, -0.05) is 12.1 Å². The minimum absolute atomic E-state index is 0.227. The molecule has 2 saturated heterocycles. The molecular weight excluding hydrogens is 424 g/mol. The number of nitrogens with zero attached hydrogens (tertiary/aromatic N) is 4. The second kappa shape index (κ2) is 10.4. The number of hydrogen-bond acceptors (Lipinski definition) is 6. The van der Waals surface area contributed by atoms with Crippen LogP contribution in [0, 0.1) is 0 Å². The summed E-state index contributed by atoms with van der Waals surface area (Å²) in [6.45, 7) is 8.11. The molecule has 6 nitrogen and oxygen atoms in total. The third-order valence-corrected chi connectivity index (χ3v) is 7.92. The van der Waals surface area contributed by atoms with Gasteiger partial charge in [0.2, 0.25) is 0 Å². The van der Waals surface area contributed by atoms with Crippen molar-refractivity contribution in [2.75, 3.05) is 69.8 Å². The fourth-order valence-corrected chi connectivity index (χ4v) is 5.83. The summed E-state index contributed by atoms with van der Waals surface area (Å²) in [4.78, 5) is 22.0. The first-order chi connectivity index (χ1) is 16.7. The van der Waals surface area contributed by atoms with Crippen LogP contribution >= 0.6 is 0 Å². The quantitative estimate of drug-likeness (QED) is 0.609. The number of benzene rings is 2. The standard InChI is InChI=1S/C28H38N4O2/c1-29-16-18-31(19-17-29)26-10-11-28(34-2)24-12-15-32(20-25(24)26)27(21-33)22-6-8-23(9-7-22)30-13-4-3-5-14-30/h6-11,21,27H,3-5,12-20H2,1-2H3/t27-/m1/s1. The number of methoxy groups -OCH3 is 1. The van der Waals surface area contributed by atoms with Gasteiger partial charge in [0.05, 0.1) is 13.2 Å². The molecule has 0 saturated carbocycles. The van der Waals surface area contributed by atoms with Gasteiger partial charge in [-0.15, -0.1) is 0 Å². The average molecular weight is 463 g/mol. The van der Waals surface area contributed by atoms with E-state index in [0.29, 0.717) is 0 Å². The van der Waals surface area contributed by atoms with Crippen LogP contribution in [0.4, 0.5) is 11.4 Å². The summed E-state index contributed by atoms with van der Waals surface area (Å²) in [5, 5.41) is 0. The van der Waals surface area contributed by atoms with Gasteiger partial charge < -0.3 is 24.2 Å². The van der Waals surface area contributed by atoms with Crippen LogP contribution in [0.3, 0.4) is 0 Å². The molecule has 2 aromatic carbocycles. The number of piperidine rings is 1. The highest BCUT2D eigenvalue weighted by atomic mass is 16.5. The molecule has 1 atom stereocenters. The molecule has 2 aromatic rings. The van der Waals surface area contributed by atoms with E-state index in [1.54, 1.807) is 7.11 Å². The fraction of sp³-hybridized carbons (Fsp3) is 0.536. The molecule has 0 unspecified atom stereocenters. The molecule has 3 aliphatic rings. The average Bonchev–Trinajstić information content (AvgIpc) is 2.90. The van der Waals surface area contributed by atoms with Crippen molar-refractivity contribution in [2.45, 2.75) is 38.3 Å². The molecule has 6 heteroatoms. The molecule has 3 heterocycles. The highest BCUT2D eigenvalue weighted by Gasteiger charge is 2.30. The predicted molar refractivity (Wildman–Crippen MR) is 138 cm³/mol. The lowest BCUT2D eigenvalue weighted by Gasteiger charge is -2.39. The monoisotopic (exact) mass is 462 g/mol. The molecule has 0 bridgehead atoms. The number of carbonyl (C=O) groups is 1. The number of aldehydes is 1. The van der Waals surface area contributed by atoms with Crippen molar-refractivity contribution in [3.8, 4) is 5.75 Å². The number of anilines is 2. The van der Waals surface area contributed by atoms with Crippen molar-refractivity contribution in [3.63, 3.8) is 0 Å². The van der Waals surface area contributed by atoms with Crippen LogP contribution in [0.1, 0.15) is 42.0 Å². The first-order valence-corrected chi connectivity index (χ1v) is 12.8. The van der Waals surface area contributed by atoms with Gasteiger partial charge in [0, 0.05) is 69.3 Å². The number of piperazine rings is 1. The molecule has 0 spiro atoms. The van der Waals surface area contributed by atoms with Crippen molar-refractivity contribution >= 4 is 17.7 Å². The second-order valence-corrected chi connectivity index (χ2v) is 9.98. The number of rotatable bonds is 6. The van der Waals surface area contributed by atoms with Crippen molar-refractivity contribution in [3.05, 3.63) is 53.1 Å². The van der Waals surface area contributed by atoms with Gasteiger partial charge in [0.15, 0.2) is 0 Å². The molecule has 3 aliphatic heterocycles. The minimum Gasteiger partial charge on any atom is -0.496 e. The van der Waals surface area contributed by atoms with E-state index in [9.17, 15) is 4.79 Å². The fourth-order valence-electron chi connectivity index (χ4n) is 5.83. The lowest BCUT2D eigenvalue weighted by Crippen LogP contribution is -2.45.